The molecule has 1 aromatic heterocycles. The third-order valence-electron chi connectivity index (χ3n) is 4.22. The standard InChI is InChI=1S/C18H24N2/c1-18(2,10-12-19-15-7-8-15)13-14-9-11-20-17-6-4-3-5-16(14)17/h3-6,9,11,15,19H,7-8,10,12-13H2,1-2H3. The Balaban J connectivity index is 1.70. The number of aromatic nitrogens is 1. The van der Waals surface area contributed by atoms with Crippen LogP contribution in [0.4, 0.5) is 0 Å². The zero-order valence-electron chi connectivity index (χ0n) is 12.5. The molecule has 0 amide bonds. The molecule has 2 aromatic rings. The fourth-order valence-electron chi connectivity index (χ4n) is 2.82. The Morgan fingerprint density at radius 3 is 2.80 bits per heavy atom. The fraction of sp³-hybridized carbons (Fsp3) is 0.500. The van der Waals surface area contributed by atoms with Gasteiger partial charge < -0.3 is 5.32 Å². The first kappa shape index (κ1) is 13.6. The number of hydrogen-bond donors (Lipinski definition) is 1. The molecule has 20 heavy (non-hydrogen) atoms. The highest BCUT2D eigenvalue weighted by Crippen LogP contribution is 2.29. The minimum Gasteiger partial charge on any atom is -0.314 e. The minimum absolute atomic E-state index is 0.325. The molecule has 0 aliphatic heterocycles. The van der Waals surface area contributed by atoms with E-state index in [1.807, 2.05) is 6.20 Å². The molecule has 1 aliphatic rings. The van der Waals surface area contributed by atoms with E-state index in [1.165, 1.54) is 30.2 Å². The first-order chi connectivity index (χ1) is 9.64. The second kappa shape index (κ2) is 5.53. The number of nitrogens with one attached hydrogen (secondary N) is 1. The fourth-order valence-corrected chi connectivity index (χ4v) is 2.82. The van der Waals surface area contributed by atoms with Gasteiger partial charge >= 0.3 is 0 Å². The smallest absolute Gasteiger partial charge is 0.0704 e. The Hall–Kier alpha value is -1.41. The molecule has 1 heterocycles. The van der Waals surface area contributed by atoms with Crippen molar-refractivity contribution in [2.24, 2.45) is 5.41 Å². The maximum absolute atomic E-state index is 4.45. The van der Waals surface area contributed by atoms with Gasteiger partial charge in [0.25, 0.3) is 0 Å². The Morgan fingerprint density at radius 1 is 1.20 bits per heavy atom. The summed E-state index contributed by atoms with van der Waals surface area (Å²) in [5.74, 6) is 0. The largest absolute Gasteiger partial charge is 0.314 e. The van der Waals surface area contributed by atoms with E-state index in [9.17, 15) is 0 Å². The number of hydrogen-bond acceptors (Lipinski definition) is 2. The molecule has 0 bridgehead atoms. The van der Waals surface area contributed by atoms with E-state index in [-0.39, 0.29) is 0 Å². The lowest BCUT2D eigenvalue weighted by molar-refractivity contribution is 0.326. The van der Waals surface area contributed by atoms with Gasteiger partial charge in [0, 0.05) is 17.6 Å². The van der Waals surface area contributed by atoms with Crippen molar-refractivity contribution >= 4 is 10.9 Å². The van der Waals surface area contributed by atoms with E-state index in [0.29, 0.717) is 5.41 Å². The third-order valence-corrected chi connectivity index (χ3v) is 4.22. The van der Waals surface area contributed by atoms with Gasteiger partial charge in [0.05, 0.1) is 5.52 Å². The molecule has 0 radical (unpaired) electrons. The summed E-state index contributed by atoms with van der Waals surface area (Å²) in [5, 5.41) is 4.93. The summed E-state index contributed by atoms with van der Waals surface area (Å²) in [6.45, 7) is 5.88. The molecular formula is C18H24N2. The van der Waals surface area contributed by atoms with Crippen LogP contribution < -0.4 is 5.32 Å². The highest BCUT2D eigenvalue weighted by atomic mass is 14.9. The van der Waals surface area contributed by atoms with E-state index in [2.05, 4.69) is 54.5 Å². The summed E-state index contributed by atoms with van der Waals surface area (Å²) >= 11 is 0. The monoisotopic (exact) mass is 268 g/mol. The summed E-state index contributed by atoms with van der Waals surface area (Å²) in [6.07, 6.45) is 7.02. The third kappa shape index (κ3) is 3.37. The molecule has 1 fully saturated rings. The maximum Gasteiger partial charge on any atom is 0.0704 e. The maximum atomic E-state index is 4.45. The van der Waals surface area contributed by atoms with Crippen molar-refractivity contribution < 1.29 is 0 Å². The van der Waals surface area contributed by atoms with Gasteiger partial charge in [-0.15, -0.1) is 0 Å². The second-order valence-corrected chi connectivity index (χ2v) is 6.81. The van der Waals surface area contributed by atoms with Gasteiger partial charge in [-0.3, -0.25) is 4.98 Å². The molecule has 0 unspecified atom stereocenters. The highest BCUT2D eigenvalue weighted by Gasteiger charge is 2.23. The number of para-hydroxylation sites is 1. The molecule has 3 rings (SSSR count). The number of fused-ring (bicyclic) bond motifs is 1. The van der Waals surface area contributed by atoms with Crippen molar-refractivity contribution in [1.82, 2.24) is 10.3 Å². The quantitative estimate of drug-likeness (QED) is 0.858. The lowest BCUT2D eigenvalue weighted by Crippen LogP contribution is -2.25. The molecule has 0 atom stereocenters. The summed E-state index contributed by atoms with van der Waals surface area (Å²) in [7, 11) is 0. The lowest BCUT2D eigenvalue weighted by atomic mass is 9.82. The van der Waals surface area contributed by atoms with Gasteiger partial charge in [-0.25, -0.2) is 0 Å². The van der Waals surface area contributed by atoms with Gasteiger partial charge in [0.15, 0.2) is 0 Å². The van der Waals surface area contributed by atoms with Crippen LogP contribution in [-0.2, 0) is 6.42 Å². The van der Waals surface area contributed by atoms with Crippen molar-refractivity contribution in [1.29, 1.82) is 0 Å². The van der Waals surface area contributed by atoms with Crippen LogP contribution in [0.25, 0.3) is 10.9 Å². The van der Waals surface area contributed by atoms with Gasteiger partial charge in [-0.05, 0) is 55.3 Å². The van der Waals surface area contributed by atoms with E-state index in [0.717, 1.165) is 24.5 Å². The van der Waals surface area contributed by atoms with Crippen LogP contribution in [0.5, 0.6) is 0 Å². The first-order valence-corrected chi connectivity index (χ1v) is 7.70. The molecule has 2 heteroatoms. The van der Waals surface area contributed by atoms with Gasteiger partial charge in [0.1, 0.15) is 0 Å². The second-order valence-electron chi connectivity index (χ2n) is 6.81. The summed E-state index contributed by atoms with van der Waals surface area (Å²) in [5.41, 5.74) is 2.86. The Kier molecular flexibility index (Phi) is 3.75. The van der Waals surface area contributed by atoms with Crippen LogP contribution in [0.1, 0.15) is 38.7 Å². The number of nitrogens with zero attached hydrogens (tertiary/aromatic N) is 1. The number of pyridine rings is 1. The van der Waals surface area contributed by atoms with Crippen molar-refractivity contribution in [3.05, 3.63) is 42.1 Å². The zero-order valence-corrected chi connectivity index (χ0v) is 12.5. The predicted octanol–water partition coefficient (Wildman–Crippen LogP) is 3.95. The average molecular weight is 268 g/mol. The van der Waals surface area contributed by atoms with Gasteiger partial charge in [0.2, 0.25) is 0 Å². The first-order valence-electron chi connectivity index (χ1n) is 7.70. The van der Waals surface area contributed by atoms with Crippen molar-refractivity contribution in [2.45, 2.75) is 45.6 Å². The van der Waals surface area contributed by atoms with Crippen LogP contribution in [-0.4, -0.2) is 17.6 Å². The van der Waals surface area contributed by atoms with Gasteiger partial charge in [-0.2, -0.15) is 0 Å². The predicted molar refractivity (Wildman–Crippen MR) is 84.9 cm³/mol. The molecule has 1 N–H and O–H groups in total. The summed E-state index contributed by atoms with van der Waals surface area (Å²) in [6, 6.07) is 11.4. The topological polar surface area (TPSA) is 24.9 Å². The van der Waals surface area contributed by atoms with Crippen molar-refractivity contribution in [2.75, 3.05) is 6.54 Å². The van der Waals surface area contributed by atoms with Gasteiger partial charge in [-0.1, -0.05) is 32.0 Å². The summed E-state index contributed by atoms with van der Waals surface area (Å²) in [4.78, 5) is 4.45. The van der Waals surface area contributed by atoms with E-state index in [4.69, 9.17) is 0 Å². The van der Waals surface area contributed by atoms with E-state index < -0.39 is 0 Å². The molecule has 1 saturated carbocycles. The molecule has 0 spiro atoms. The van der Waals surface area contributed by atoms with E-state index >= 15 is 0 Å². The minimum atomic E-state index is 0.325. The average Bonchev–Trinajstić information content (AvgIpc) is 3.23. The lowest BCUT2D eigenvalue weighted by Gasteiger charge is -2.25. The molecular weight excluding hydrogens is 244 g/mol. The summed E-state index contributed by atoms with van der Waals surface area (Å²) < 4.78 is 0. The highest BCUT2D eigenvalue weighted by molar-refractivity contribution is 5.81. The van der Waals surface area contributed by atoms with Crippen molar-refractivity contribution in [3.8, 4) is 0 Å². The molecule has 0 saturated heterocycles. The van der Waals surface area contributed by atoms with Crippen molar-refractivity contribution in [3.63, 3.8) is 0 Å². The van der Waals surface area contributed by atoms with E-state index in [1.54, 1.807) is 0 Å². The molecule has 106 valence electrons. The normalized spacial score (nSPS) is 15.7. The van der Waals surface area contributed by atoms with Crippen LogP contribution >= 0.6 is 0 Å². The van der Waals surface area contributed by atoms with Crippen LogP contribution in [0, 0.1) is 5.41 Å². The number of benzene rings is 1. The number of rotatable bonds is 6. The molecule has 1 aromatic carbocycles. The SMILES string of the molecule is CC(C)(CCNC1CC1)Cc1ccnc2ccccc12. The molecule has 1 aliphatic carbocycles. The molecule has 2 nitrogen and oxygen atoms in total. The Bertz CT molecular complexity index is 579. The van der Waals surface area contributed by atoms with Crippen LogP contribution in [0.3, 0.4) is 0 Å². The Morgan fingerprint density at radius 2 is 2.00 bits per heavy atom. The zero-order chi connectivity index (χ0) is 14.0. The van der Waals surface area contributed by atoms with Crippen LogP contribution in [0.15, 0.2) is 36.5 Å². The Labute approximate surface area is 121 Å². The van der Waals surface area contributed by atoms with Crippen LogP contribution in [0.2, 0.25) is 0 Å².